The number of anilines is 1. The van der Waals surface area contributed by atoms with E-state index in [1.54, 1.807) is 31.3 Å². The van der Waals surface area contributed by atoms with Crippen LogP contribution in [0.5, 0.6) is 0 Å². The number of fused-ring (bicyclic) bond motifs is 1. The Balaban J connectivity index is 1.48. The standard InChI is InChI=1S/C29H24N4O2S/c1-19-16-17-26(30-18-19)33-28(35)23-13-7-9-15-25(23)32-29(33)36-20(2)27(34)31-24-14-8-6-12-22(24)21-10-4-3-5-11-21/h3-18,20H,1-2H3,(H,31,34)/t20-/m1/s1. The van der Waals surface area contributed by atoms with Crippen LogP contribution < -0.4 is 10.9 Å². The number of rotatable bonds is 6. The number of carbonyl (C=O) groups excluding carboxylic acids is 1. The first-order valence-corrected chi connectivity index (χ1v) is 12.5. The second kappa shape index (κ2) is 10.2. The van der Waals surface area contributed by atoms with E-state index in [9.17, 15) is 9.59 Å². The van der Waals surface area contributed by atoms with Crippen LogP contribution >= 0.6 is 11.8 Å². The Bertz CT molecular complexity index is 1600. The van der Waals surface area contributed by atoms with E-state index in [2.05, 4.69) is 10.3 Å². The number of thioether (sulfide) groups is 1. The number of para-hydroxylation sites is 2. The maximum Gasteiger partial charge on any atom is 0.267 e. The van der Waals surface area contributed by atoms with Crippen LogP contribution in [0.4, 0.5) is 5.69 Å². The van der Waals surface area contributed by atoms with E-state index in [0.717, 1.165) is 22.4 Å². The largest absolute Gasteiger partial charge is 0.325 e. The third-order valence-corrected chi connectivity index (χ3v) is 6.84. The fourth-order valence-electron chi connectivity index (χ4n) is 3.89. The van der Waals surface area contributed by atoms with Gasteiger partial charge >= 0.3 is 0 Å². The van der Waals surface area contributed by atoms with Crippen molar-refractivity contribution in [3.63, 3.8) is 0 Å². The third-order valence-electron chi connectivity index (χ3n) is 5.79. The van der Waals surface area contributed by atoms with Gasteiger partial charge in [0.05, 0.1) is 16.2 Å². The second-order valence-electron chi connectivity index (χ2n) is 8.41. The van der Waals surface area contributed by atoms with Crippen LogP contribution in [0.3, 0.4) is 0 Å². The van der Waals surface area contributed by atoms with E-state index < -0.39 is 5.25 Å². The summed E-state index contributed by atoms with van der Waals surface area (Å²) in [6.45, 7) is 3.74. The zero-order valence-electron chi connectivity index (χ0n) is 19.9. The molecule has 0 radical (unpaired) electrons. The van der Waals surface area contributed by atoms with Crippen LogP contribution in [0, 0.1) is 6.92 Å². The number of carbonyl (C=O) groups is 1. The quantitative estimate of drug-likeness (QED) is 0.237. The predicted octanol–water partition coefficient (Wildman–Crippen LogP) is 5.88. The lowest BCUT2D eigenvalue weighted by Crippen LogP contribution is -2.26. The minimum absolute atomic E-state index is 0.186. The number of nitrogens with zero attached hydrogens (tertiary/aromatic N) is 3. The molecule has 5 aromatic rings. The van der Waals surface area contributed by atoms with E-state index >= 15 is 0 Å². The molecule has 0 aliphatic heterocycles. The molecule has 36 heavy (non-hydrogen) atoms. The van der Waals surface area contributed by atoms with Crippen molar-refractivity contribution in [3.05, 3.63) is 113 Å². The molecule has 6 nitrogen and oxygen atoms in total. The highest BCUT2D eigenvalue weighted by atomic mass is 32.2. The smallest absolute Gasteiger partial charge is 0.267 e. The van der Waals surface area contributed by atoms with E-state index in [1.807, 2.05) is 79.7 Å². The lowest BCUT2D eigenvalue weighted by Gasteiger charge is -2.17. The molecule has 5 rings (SSSR count). The Kier molecular flexibility index (Phi) is 6.64. The lowest BCUT2D eigenvalue weighted by molar-refractivity contribution is -0.115. The molecule has 1 amide bonds. The summed E-state index contributed by atoms with van der Waals surface area (Å²) < 4.78 is 1.48. The molecule has 0 spiro atoms. The fourth-order valence-corrected chi connectivity index (χ4v) is 4.81. The summed E-state index contributed by atoms with van der Waals surface area (Å²) in [4.78, 5) is 35.9. The number of benzene rings is 3. The molecule has 2 aromatic heterocycles. The van der Waals surface area contributed by atoms with Crippen LogP contribution in [0.25, 0.3) is 27.8 Å². The highest BCUT2D eigenvalue weighted by Crippen LogP contribution is 2.30. The van der Waals surface area contributed by atoms with Gasteiger partial charge in [0.15, 0.2) is 5.16 Å². The van der Waals surface area contributed by atoms with Gasteiger partial charge in [0.25, 0.3) is 5.56 Å². The summed E-state index contributed by atoms with van der Waals surface area (Å²) in [5.74, 6) is 0.280. The zero-order valence-corrected chi connectivity index (χ0v) is 20.7. The Hall–Kier alpha value is -4.23. The SMILES string of the molecule is Cc1ccc(-n2c(S[C@H](C)C(=O)Nc3ccccc3-c3ccccc3)nc3ccccc3c2=O)nc1. The number of aryl methyl sites for hydroxylation is 1. The molecule has 1 N–H and O–H groups in total. The van der Waals surface area contributed by atoms with Crippen LogP contribution in [-0.2, 0) is 4.79 Å². The molecule has 0 unspecified atom stereocenters. The number of nitrogens with one attached hydrogen (secondary N) is 1. The van der Waals surface area contributed by atoms with Crippen molar-refractivity contribution >= 4 is 34.3 Å². The monoisotopic (exact) mass is 492 g/mol. The lowest BCUT2D eigenvalue weighted by atomic mass is 10.0. The normalized spacial score (nSPS) is 11.8. The molecule has 2 heterocycles. The summed E-state index contributed by atoms with van der Waals surface area (Å²) in [6, 6.07) is 28.5. The van der Waals surface area contributed by atoms with Crippen molar-refractivity contribution in [1.29, 1.82) is 0 Å². The fraction of sp³-hybridized carbons (Fsp3) is 0.103. The van der Waals surface area contributed by atoms with E-state index in [0.29, 0.717) is 21.9 Å². The minimum Gasteiger partial charge on any atom is -0.325 e. The van der Waals surface area contributed by atoms with E-state index in [4.69, 9.17) is 4.98 Å². The topological polar surface area (TPSA) is 76.9 Å². The van der Waals surface area contributed by atoms with Crippen molar-refractivity contribution in [2.24, 2.45) is 0 Å². The van der Waals surface area contributed by atoms with Gasteiger partial charge < -0.3 is 5.32 Å². The Morgan fingerprint density at radius 1 is 0.917 bits per heavy atom. The number of hydrogen-bond acceptors (Lipinski definition) is 5. The molecule has 0 saturated heterocycles. The van der Waals surface area contributed by atoms with Crippen LogP contribution in [0.2, 0.25) is 0 Å². The molecule has 0 aliphatic rings. The van der Waals surface area contributed by atoms with Gasteiger partial charge in [-0.15, -0.1) is 0 Å². The average molecular weight is 493 g/mol. The van der Waals surface area contributed by atoms with Gasteiger partial charge in [-0.05, 0) is 49.2 Å². The predicted molar refractivity (Wildman–Crippen MR) is 146 cm³/mol. The van der Waals surface area contributed by atoms with Crippen LogP contribution in [-0.4, -0.2) is 25.7 Å². The Morgan fingerprint density at radius 3 is 2.42 bits per heavy atom. The third kappa shape index (κ3) is 4.78. The van der Waals surface area contributed by atoms with Crippen molar-refractivity contribution in [2.45, 2.75) is 24.3 Å². The van der Waals surface area contributed by atoms with Crippen LogP contribution in [0.15, 0.2) is 107 Å². The summed E-state index contributed by atoms with van der Waals surface area (Å²) in [7, 11) is 0. The Labute approximate surface area is 213 Å². The zero-order chi connectivity index (χ0) is 25.1. The first-order chi connectivity index (χ1) is 17.5. The number of hydrogen-bond donors (Lipinski definition) is 1. The Morgan fingerprint density at radius 2 is 1.64 bits per heavy atom. The molecule has 0 bridgehead atoms. The average Bonchev–Trinajstić information content (AvgIpc) is 2.90. The van der Waals surface area contributed by atoms with Gasteiger partial charge in [-0.1, -0.05) is 78.5 Å². The number of aromatic nitrogens is 3. The summed E-state index contributed by atoms with van der Waals surface area (Å²) in [5, 5.41) is 3.44. The van der Waals surface area contributed by atoms with Crippen molar-refractivity contribution in [3.8, 4) is 16.9 Å². The summed E-state index contributed by atoms with van der Waals surface area (Å²) in [6.07, 6.45) is 1.71. The molecule has 3 aromatic carbocycles. The summed E-state index contributed by atoms with van der Waals surface area (Å²) >= 11 is 1.23. The maximum absolute atomic E-state index is 13.4. The first kappa shape index (κ1) is 23.5. The minimum atomic E-state index is -0.529. The highest BCUT2D eigenvalue weighted by Gasteiger charge is 2.21. The molecular formula is C29H24N4O2S. The van der Waals surface area contributed by atoms with Crippen molar-refractivity contribution in [2.75, 3.05) is 5.32 Å². The molecule has 0 saturated carbocycles. The van der Waals surface area contributed by atoms with Gasteiger partial charge in [0.1, 0.15) is 5.82 Å². The van der Waals surface area contributed by atoms with Crippen molar-refractivity contribution in [1.82, 2.24) is 14.5 Å². The van der Waals surface area contributed by atoms with Crippen molar-refractivity contribution < 1.29 is 4.79 Å². The van der Waals surface area contributed by atoms with Crippen LogP contribution in [0.1, 0.15) is 12.5 Å². The molecule has 1 atom stereocenters. The molecule has 178 valence electrons. The molecular weight excluding hydrogens is 468 g/mol. The van der Waals surface area contributed by atoms with E-state index in [1.165, 1.54) is 16.3 Å². The first-order valence-electron chi connectivity index (χ1n) is 11.6. The van der Waals surface area contributed by atoms with Gasteiger partial charge in [0.2, 0.25) is 5.91 Å². The summed E-state index contributed by atoms with van der Waals surface area (Å²) in [5.41, 5.74) is 4.03. The molecule has 0 aliphatic carbocycles. The maximum atomic E-state index is 13.4. The second-order valence-corrected chi connectivity index (χ2v) is 9.71. The van der Waals surface area contributed by atoms with Gasteiger partial charge in [0, 0.05) is 17.4 Å². The van der Waals surface area contributed by atoms with E-state index in [-0.39, 0.29) is 11.5 Å². The number of amides is 1. The molecule has 7 heteroatoms. The van der Waals surface area contributed by atoms with Gasteiger partial charge in [-0.2, -0.15) is 0 Å². The number of pyridine rings is 1. The van der Waals surface area contributed by atoms with Gasteiger partial charge in [-0.3, -0.25) is 9.59 Å². The highest BCUT2D eigenvalue weighted by molar-refractivity contribution is 8.00. The van der Waals surface area contributed by atoms with Gasteiger partial charge in [-0.25, -0.2) is 14.5 Å². The molecule has 0 fully saturated rings.